The maximum atomic E-state index is 11.1. The molecule has 2 unspecified atom stereocenters. The Labute approximate surface area is 148 Å². The molecule has 0 aromatic heterocycles. The highest BCUT2D eigenvalue weighted by Gasteiger charge is 2.36. The van der Waals surface area contributed by atoms with E-state index in [2.05, 4.69) is 19.2 Å². The largest absolute Gasteiger partial charge is 0.377 e. The summed E-state index contributed by atoms with van der Waals surface area (Å²) < 4.78 is 5.60. The van der Waals surface area contributed by atoms with Gasteiger partial charge in [0.05, 0.1) is 6.04 Å². The highest BCUT2D eigenvalue weighted by Crippen LogP contribution is 2.27. The van der Waals surface area contributed by atoms with Gasteiger partial charge in [-0.1, -0.05) is 77.0 Å². The summed E-state index contributed by atoms with van der Waals surface area (Å²) in [5.41, 5.74) is 1.04. The van der Waals surface area contributed by atoms with Gasteiger partial charge in [-0.3, -0.25) is 0 Å². The van der Waals surface area contributed by atoms with Crippen LogP contribution in [-0.2, 0) is 4.74 Å². The summed E-state index contributed by atoms with van der Waals surface area (Å²) >= 11 is 0. The third kappa shape index (κ3) is 7.67. The highest BCUT2D eigenvalue weighted by molar-refractivity contribution is 5.43. The SMILES string of the molecule is CCCCCCC(Nc1ccccc1)C(O)(CCCCCC)OC. The van der Waals surface area contributed by atoms with Gasteiger partial charge < -0.3 is 15.2 Å². The third-order valence-corrected chi connectivity index (χ3v) is 4.75. The van der Waals surface area contributed by atoms with Crippen LogP contribution >= 0.6 is 0 Å². The van der Waals surface area contributed by atoms with Gasteiger partial charge in [-0.15, -0.1) is 0 Å². The molecule has 0 amide bonds. The summed E-state index contributed by atoms with van der Waals surface area (Å²) in [6.07, 6.45) is 11.0. The first kappa shape index (κ1) is 21.0. The number of nitrogens with one attached hydrogen (secondary N) is 1. The second kappa shape index (κ2) is 12.3. The average molecular weight is 336 g/mol. The Kier molecular flexibility index (Phi) is 10.8. The van der Waals surface area contributed by atoms with Crippen LogP contribution in [0.5, 0.6) is 0 Å². The first-order valence-electron chi connectivity index (χ1n) is 9.75. The number of hydrogen-bond acceptors (Lipinski definition) is 3. The lowest BCUT2D eigenvalue weighted by Gasteiger charge is -2.36. The second-order valence-corrected chi connectivity index (χ2v) is 6.77. The number of methoxy groups -OCH3 is 1. The summed E-state index contributed by atoms with van der Waals surface area (Å²) in [5.74, 6) is -1.10. The molecule has 0 saturated carbocycles. The molecule has 0 aliphatic heterocycles. The number of para-hydroxylation sites is 1. The van der Waals surface area contributed by atoms with Crippen molar-refractivity contribution in [1.82, 2.24) is 0 Å². The van der Waals surface area contributed by atoms with Crippen molar-refractivity contribution < 1.29 is 9.84 Å². The molecule has 0 aliphatic rings. The van der Waals surface area contributed by atoms with Crippen LogP contribution in [0.1, 0.15) is 78.1 Å². The van der Waals surface area contributed by atoms with E-state index in [0.29, 0.717) is 6.42 Å². The molecule has 138 valence electrons. The second-order valence-electron chi connectivity index (χ2n) is 6.77. The van der Waals surface area contributed by atoms with Gasteiger partial charge in [0.1, 0.15) is 0 Å². The maximum absolute atomic E-state index is 11.1. The van der Waals surface area contributed by atoms with Gasteiger partial charge >= 0.3 is 0 Å². The first-order chi connectivity index (χ1) is 11.7. The minimum absolute atomic E-state index is 0.0802. The quantitative estimate of drug-likeness (QED) is 0.336. The van der Waals surface area contributed by atoms with Crippen molar-refractivity contribution in [3.63, 3.8) is 0 Å². The maximum Gasteiger partial charge on any atom is 0.185 e. The Balaban J connectivity index is 2.70. The van der Waals surface area contributed by atoms with E-state index >= 15 is 0 Å². The van der Waals surface area contributed by atoms with Crippen LogP contribution < -0.4 is 5.32 Å². The highest BCUT2D eigenvalue weighted by atomic mass is 16.6. The van der Waals surface area contributed by atoms with Gasteiger partial charge in [-0.2, -0.15) is 0 Å². The van der Waals surface area contributed by atoms with Gasteiger partial charge in [0.2, 0.25) is 0 Å². The number of aliphatic hydroxyl groups is 1. The van der Waals surface area contributed by atoms with Gasteiger partial charge in [0.15, 0.2) is 5.79 Å². The Morgan fingerprint density at radius 1 is 0.958 bits per heavy atom. The van der Waals surface area contributed by atoms with Gasteiger partial charge in [-0.05, 0) is 25.0 Å². The van der Waals surface area contributed by atoms with Crippen LogP contribution in [0.4, 0.5) is 5.69 Å². The molecule has 0 fully saturated rings. The molecule has 0 aliphatic carbocycles. The zero-order chi connectivity index (χ0) is 17.7. The number of unbranched alkanes of at least 4 members (excludes halogenated alkanes) is 6. The average Bonchev–Trinajstić information content (AvgIpc) is 2.62. The van der Waals surface area contributed by atoms with Crippen molar-refractivity contribution >= 4 is 5.69 Å². The van der Waals surface area contributed by atoms with E-state index in [-0.39, 0.29) is 6.04 Å². The Morgan fingerprint density at radius 2 is 1.58 bits per heavy atom. The number of anilines is 1. The molecule has 0 saturated heterocycles. The van der Waals surface area contributed by atoms with E-state index in [4.69, 9.17) is 4.74 Å². The predicted molar refractivity (Wildman–Crippen MR) is 103 cm³/mol. The van der Waals surface area contributed by atoms with Gasteiger partial charge in [-0.25, -0.2) is 0 Å². The van der Waals surface area contributed by atoms with E-state index in [9.17, 15) is 5.11 Å². The standard InChI is InChI=1S/C21H37NO2/c1-4-6-8-13-17-20(22-19-15-11-10-12-16-19)21(23,24-3)18-14-9-7-5-2/h10-12,15-16,20,22-23H,4-9,13-14,17-18H2,1-3H3. The number of benzene rings is 1. The Morgan fingerprint density at radius 3 is 2.17 bits per heavy atom. The lowest BCUT2D eigenvalue weighted by atomic mass is 9.94. The predicted octanol–water partition coefficient (Wildman–Crippen LogP) is 5.74. The fourth-order valence-corrected chi connectivity index (χ4v) is 3.14. The fraction of sp³-hybridized carbons (Fsp3) is 0.714. The number of hydrogen-bond donors (Lipinski definition) is 2. The molecule has 1 aromatic rings. The van der Waals surface area contributed by atoms with Crippen molar-refractivity contribution in [3.05, 3.63) is 30.3 Å². The zero-order valence-corrected chi connectivity index (χ0v) is 15.9. The first-order valence-corrected chi connectivity index (χ1v) is 9.75. The fourth-order valence-electron chi connectivity index (χ4n) is 3.14. The van der Waals surface area contributed by atoms with Crippen molar-refractivity contribution in [2.24, 2.45) is 0 Å². The summed E-state index contributed by atoms with van der Waals surface area (Å²) in [7, 11) is 1.63. The molecule has 1 aromatic carbocycles. The van der Waals surface area contributed by atoms with E-state index in [1.807, 2.05) is 30.3 Å². The van der Waals surface area contributed by atoms with Gasteiger partial charge in [0.25, 0.3) is 0 Å². The summed E-state index contributed by atoms with van der Waals surface area (Å²) in [4.78, 5) is 0. The Bertz CT molecular complexity index is 410. The summed E-state index contributed by atoms with van der Waals surface area (Å²) in [5, 5.41) is 14.6. The molecule has 0 heterocycles. The van der Waals surface area contributed by atoms with E-state index in [1.165, 1.54) is 32.1 Å². The molecule has 2 atom stereocenters. The summed E-state index contributed by atoms with van der Waals surface area (Å²) in [6, 6.07) is 10.1. The molecule has 0 bridgehead atoms. The molecule has 24 heavy (non-hydrogen) atoms. The van der Waals surface area contributed by atoms with Gasteiger partial charge in [0, 0.05) is 19.2 Å². The molecule has 3 heteroatoms. The summed E-state index contributed by atoms with van der Waals surface area (Å²) in [6.45, 7) is 4.43. The van der Waals surface area contributed by atoms with Crippen molar-refractivity contribution in [2.45, 2.75) is 89.9 Å². The zero-order valence-electron chi connectivity index (χ0n) is 15.9. The monoisotopic (exact) mass is 335 g/mol. The molecular weight excluding hydrogens is 298 g/mol. The minimum Gasteiger partial charge on any atom is -0.377 e. The van der Waals surface area contributed by atoms with Crippen molar-refractivity contribution in [1.29, 1.82) is 0 Å². The number of ether oxygens (including phenoxy) is 1. The lowest BCUT2D eigenvalue weighted by Crippen LogP contribution is -2.48. The number of rotatable bonds is 14. The van der Waals surface area contributed by atoms with Crippen LogP contribution in [-0.4, -0.2) is 24.0 Å². The van der Waals surface area contributed by atoms with Crippen molar-refractivity contribution in [3.8, 4) is 0 Å². The van der Waals surface area contributed by atoms with E-state index in [0.717, 1.165) is 31.4 Å². The van der Waals surface area contributed by atoms with E-state index in [1.54, 1.807) is 7.11 Å². The van der Waals surface area contributed by atoms with Crippen molar-refractivity contribution in [2.75, 3.05) is 12.4 Å². The smallest absolute Gasteiger partial charge is 0.185 e. The van der Waals surface area contributed by atoms with Crippen LogP contribution in [0.2, 0.25) is 0 Å². The molecular formula is C21H37NO2. The van der Waals surface area contributed by atoms with Crippen LogP contribution in [0.25, 0.3) is 0 Å². The lowest BCUT2D eigenvalue weighted by molar-refractivity contribution is -0.201. The molecule has 0 spiro atoms. The van der Waals surface area contributed by atoms with Crippen LogP contribution in [0.3, 0.4) is 0 Å². The minimum atomic E-state index is -1.10. The molecule has 2 N–H and O–H groups in total. The Hall–Kier alpha value is -1.06. The molecule has 3 nitrogen and oxygen atoms in total. The molecule has 1 rings (SSSR count). The normalized spacial score (nSPS) is 15.0. The third-order valence-electron chi connectivity index (χ3n) is 4.75. The molecule has 0 radical (unpaired) electrons. The van der Waals surface area contributed by atoms with Crippen LogP contribution in [0.15, 0.2) is 30.3 Å². The van der Waals surface area contributed by atoms with E-state index < -0.39 is 5.79 Å². The topological polar surface area (TPSA) is 41.5 Å². The van der Waals surface area contributed by atoms with Crippen LogP contribution in [0, 0.1) is 0 Å².